The third kappa shape index (κ3) is 2.73. The fourth-order valence-corrected chi connectivity index (χ4v) is 4.19. The van der Waals surface area contributed by atoms with Crippen LogP contribution in [0.25, 0.3) is 0 Å². The number of halogens is 2. The first-order chi connectivity index (χ1) is 10.6. The van der Waals surface area contributed by atoms with Crippen molar-refractivity contribution in [3.8, 4) is 0 Å². The molecule has 0 radical (unpaired) electrons. The van der Waals surface area contributed by atoms with Gasteiger partial charge >= 0.3 is 0 Å². The molecule has 0 spiro atoms. The van der Waals surface area contributed by atoms with Crippen LogP contribution in [0.4, 0.5) is 0 Å². The standard InChI is InChI=1S/C17H20BrN3O.ClH/c18-13-6-3-5-12(11-13)16(7-1-2-8-16)15-20-14(21-22-15)17(19)9-4-10-17;/h3,5-6,11H,1-2,4,7-10,19H2;1H. The van der Waals surface area contributed by atoms with Gasteiger partial charge in [-0.15, -0.1) is 12.4 Å². The molecule has 0 saturated heterocycles. The Bertz CT molecular complexity index is 693. The maximum Gasteiger partial charge on any atom is 0.237 e. The Labute approximate surface area is 150 Å². The van der Waals surface area contributed by atoms with Gasteiger partial charge in [-0.25, -0.2) is 0 Å². The van der Waals surface area contributed by atoms with Crippen molar-refractivity contribution in [3.63, 3.8) is 0 Å². The Balaban J connectivity index is 0.00000156. The predicted molar refractivity (Wildman–Crippen MR) is 94.7 cm³/mol. The van der Waals surface area contributed by atoms with Crippen LogP contribution in [0, 0.1) is 0 Å². The zero-order valence-electron chi connectivity index (χ0n) is 12.9. The van der Waals surface area contributed by atoms with Gasteiger partial charge in [-0.1, -0.05) is 46.1 Å². The molecule has 1 aromatic heterocycles. The molecule has 2 fully saturated rings. The number of aromatic nitrogens is 2. The molecule has 0 amide bonds. The fraction of sp³-hybridized carbons (Fsp3) is 0.529. The van der Waals surface area contributed by atoms with Crippen molar-refractivity contribution in [2.24, 2.45) is 5.73 Å². The van der Waals surface area contributed by atoms with E-state index in [2.05, 4.69) is 45.4 Å². The molecule has 1 heterocycles. The van der Waals surface area contributed by atoms with Crippen molar-refractivity contribution in [3.05, 3.63) is 46.0 Å². The first-order valence-electron chi connectivity index (χ1n) is 8.02. The van der Waals surface area contributed by atoms with Crippen molar-refractivity contribution in [2.75, 3.05) is 0 Å². The van der Waals surface area contributed by atoms with Crippen molar-refractivity contribution in [2.45, 2.75) is 55.9 Å². The Morgan fingerprint density at radius 3 is 2.43 bits per heavy atom. The lowest BCUT2D eigenvalue weighted by molar-refractivity contribution is 0.227. The summed E-state index contributed by atoms with van der Waals surface area (Å²) in [6.07, 6.45) is 7.56. The van der Waals surface area contributed by atoms with Crippen LogP contribution in [0.15, 0.2) is 33.3 Å². The Morgan fingerprint density at radius 1 is 1.09 bits per heavy atom. The Hall–Kier alpha value is -0.910. The van der Waals surface area contributed by atoms with Gasteiger partial charge in [0.25, 0.3) is 0 Å². The second-order valence-electron chi connectivity index (χ2n) is 6.73. The molecule has 4 nitrogen and oxygen atoms in total. The minimum atomic E-state index is -0.362. The zero-order valence-corrected chi connectivity index (χ0v) is 15.3. The molecule has 2 aromatic rings. The van der Waals surface area contributed by atoms with Gasteiger partial charge in [0, 0.05) is 4.47 Å². The van der Waals surface area contributed by atoms with Crippen molar-refractivity contribution in [1.29, 1.82) is 0 Å². The lowest BCUT2D eigenvalue weighted by Crippen LogP contribution is -2.44. The van der Waals surface area contributed by atoms with Gasteiger partial charge in [-0.2, -0.15) is 4.98 Å². The summed E-state index contributed by atoms with van der Waals surface area (Å²) < 4.78 is 6.80. The molecule has 124 valence electrons. The summed E-state index contributed by atoms with van der Waals surface area (Å²) in [5, 5.41) is 4.22. The molecule has 6 heteroatoms. The molecule has 4 rings (SSSR count). The van der Waals surface area contributed by atoms with Crippen LogP contribution in [0.1, 0.15) is 62.2 Å². The fourth-order valence-electron chi connectivity index (χ4n) is 3.79. The highest BCUT2D eigenvalue weighted by atomic mass is 79.9. The highest BCUT2D eigenvalue weighted by Gasteiger charge is 2.45. The first-order valence-corrected chi connectivity index (χ1v) is 8.81. The van der Waals surface area contributed by atoms with Gasteiger partial charge in [0.2, 0.25) is 5.89 Å². The van der Waals surface area contributed by atoms with Crippen LogP contribution in [0.3, 0.4) is 0 Å². The predicted octanol–water partition coefficient (Wildman–Crippen LogP) is 4.45. The van der Waals surface area contributed by atoms with Crippen LogP contribution in [-0.4, -0.2) is 10.1 Å². The van der Waals surface area contributed by atoms with Crippen LogP contribution < -0.4 is 5.73 Å². The first kappa shape index (κ1) is 16.9. The van der Waals surface area contributed by atoms with Gasteiger partial charge in [-0.3, -0.25) is 0 Å². The third-order valence-electron chi connectivity index (χ3n) is 5.36. The second kappa shape index (κ2) is 6.19. The second-order valence-corrected chi connectivity index (χ2v) is 7.65. The van der Waals surface area contributed by atoms with Crippen LogP contribution in [0.5, 0.6) is 0 Å². The van der Waals surface area contributed by atoms with E-state index in [9.17, 15) is 0 Å². The summed E-state index contributed by atoms with van der Waals surface area (Å²) in [7, 11) is 0. The number of rotatable bonds is 3. The highest BCUT2D eigenvalue weighted by molar-refractivity contribution is 9.10. The molecule has 23 heavy (non-hydrogen) atoms. The molecule has 0 aliphatic heterocycles. The van der Waals surface area contributed by atoms with E-state index in [4.69, 9.17) is 15.2 Å². The number of nitrogens with two attached hydrogens (primary N) is 1. The maximum atomic E-state index is 6.35. The normalized spacial score (nSPS) is 21.5. The average Bonchev–Trinajstić information content (AvgIpc) is 3.14. The van der Waals surface area contributed by atoms with E-state index in [0.717, 1.165) is 42.5 Å². The average molecular weight is 399 g/mol. The van der Waals surface area contributed by atoms with E-state index in [-0.39, 0.29) is 23.4 Å². The van der Waals surface area contributed by atoms with E-state index in [1.54, 1.807) is 0 Å². The monoisotopic (exact) mass is 397 g/mol. The van der Waals surface area contributed by atoms with Crippen LogP contribution >= 0.6 is 28.3 Å². The number of hydrogen-bond donors (Lipinski definition) is 1. The van der Waals surface area contributed by atoms with Gasteiger partial charge in [0.15, 0.2) is 5.82 Å². The third-order valence-corrected chi connectivity index (χ3v) is 5.85. The quantitative estimate of drug-likeness (QED) is 0.829. The lowest BCUT2D eigenvalue weighted by atomic mass is 9.76. The molecule has 1 aromatic carbocycles. The summed E-state index contributed by atoms with van der Waals surface area (Å²) in [6, 6.07) is 8.47. The van der Waals surface area contributed by atoms with Gasteiger partial charge in [0.05, 0.1) is 11.0 Å². The zero-order chi connectivity index (χ0) is 15.2. The summed E-state index contributed by atoms with van der Waals surface area (Å²) in [5.41, 5.74) is 7.10. The van der Waals surface area contributed by atoms with E-state index in [0.29, 0.717) is 5.82 Å². The number of nitrogens with zero attached hydrogens (tertiary/aromatic N) is 2. The molecule has 2 aliphatic carbocycles. The number of hydrogen-bond acceptors (Lipinski definition) is 4. The topological polar surface area (TPSA) is 64.9 Å². The van der Waals surface area contributed by atoms with Crippen LogP contribution in [-0.2, 0) is 11.0 Å². The van der Waals surface area contributed by atoms with E-state index < -0.39 is 0 Å². The molecule has 2 aliphatic rings. The summed E-state index contributed by atoms with van der Waals surface area (Å²) in [6.45, 7) is 0. The SMILES string of the molecule is Cl.NC1(c2noc(C3(c4cccc(Br)c4)CCCC3)n2)CCC1. The molecular formula is C17H21BrClN3O. The Morgan fingerprint density at radius 2 is 1.83 bits per heavy atom. The number of benzene rings is 1. The molecule has 0 unspecified atom stereocenters. The minimum absolute atomic E-state index is 0. The summed E-state index contributed by atoms with van der Waals surface area (Å²) >= 11 is 3.58. The van der Waals surface area contributed by atoms with Crippen molar-refractivity contribution < 1.29 is 4.52 Å². The van der Waals surface area contributed by atoms with E-state index in [1.165, 1.54) is 18.4 Å². The van der Waals surface area contributed by atoms with Crippen LogP contribution in [0.2, 0.25) is 0 Å². The smallest absolute Gasteiger partial charge is 0.237 e. The lowest BCUT2D eigenvalue weighted by Gasteiger charge is -2.34. The van der Waals surface area contributed by atoms with E-state index in [1.807, 2.05) is 0 Å². The summed E-state index contributed by atoms with van der Waals surface area (Å²) in [4.78, 5) is 4.75. The molecule has 0 atom stereocenters. The largest absolute Gasteiger partial charge is 0.338 e. The molecule has 2 N–H and O–H groups in total. The van der Waals surface area contributed by atoms with Crippen molar-refractivity contribution >= 4 is 28.3 Å². The molecule has 0 bridgehead atoms. The van der Waals surface area contributed by atoms with E-state index >= 15 is 0 Å². The van der Waals surface area contributed by atoms with Gasteiger partial charge < -0.3 is 10.3 Å². The maximum absolute atomic E-state index is 6.35. The van der Waals surface area contributed by atoms with Gasteiger partial charge in [-0.05, 0) is 49.8 Å². The molecule has 2 saturated carbocycles. The molecular weight excluding hydrogens is 378 g/mol. The van der Waals surface area contributed by atoms with Gasteiger partial charge in [0.1, 0.15) is 0 Å². The Kier molecular flexibility index (Phi) is 4.55. The highest BCUT2D eigenvalue weighted by Crippen LogP contribution is 2.47. The minimum Gasteiger partial charge on any atom is -0.338 e. The summed E-state index contributed by atoms with van der Waals surface area (Å²) in [5.74, 6) is 1.44. The van der Waals surface area contributed by atoms with Crippen molar-refractivity contribution in [1.82, 2.24) is 10.1 Å².